The first-order valence-corrected chi connectivity index (χ1v) is 2.40. The van der Waals surface area contributed by atoms with Gasteiger partial charge in [0.05, 0.1) is 6.10 Å². The van der Waals surface area contributed by atoms with Crippen LogP contribution in [0.1, 0.15) is 20.3 Å². The Labute approximate surface area is 43.5 Å². The van der Waals surface area contributed by atoms with Crippen molar-refractivity contribution in [3.8, 4) is 0 Å². The lowest BCUT2D eigenvalue weighted by atomic mass is 10.3. The Morgan fingerprint density at radius 1 is 1.86 bits per heavy atom. The number of carbonyl (C=O) groups excluding carboxylic acids is 1. The van der Waals surface area contributed by atoms with Gasteiger partial charge < -0.3 is 4.74 Å². The minimum atomic E-state index is 0.0810. The lowest BCUT2D eigenvalue weighted by molar-refractivity contribution is -0.132. The zero-order valence-corrected chi connectivity index (χ0v) is 4.68. The van der Waals surface area contributed by atoms with Crippen LogP contribution in [0.2, 0.25) is 0 Å². The summed E-state index contributed by atoms with van der Waals surface area (Å²) in [5, 5.41) is 0. The topological polar surface area (TPSA) is 26.3 Å². The van der Waals surface area contributed by atoms with E-state index >= 15 is 0 Å². The fourth-order valence-electron chi connectivity index (χ4n) is 0.191. The van der Waals surface area contributed by atoms with Crippen LogP contribution < -0.4 is 0 Å². The number of ether oxygens (including phenoxy) is 1. The van der Waals surface area contributed by atoms with Crippen molar-refractivity contribution in [2.24, 2.45) is 0 Å². The molecule has 0 aliphatic heterocycles. The maximum Gasteiger partial charge on any atom is 0.293 e. The van der Waals surface area contributed by atoms with Gasteiger partial charge in [0.25, 0.3) is 6.47 Å². The average molecular weight is 102 g/mol. The SMILES string of the molecule is CC[C@@H](C)OC=O. The standard InChI is InChI=1S/C5H10O2/c1-3-5(2)7-4-6/h4-5H,3H2,1-2H3/t5-/m1/s1. The highest BCUT2D eigenvalue weighted by Gasteiger charge is 1.92. The smallest absolute Gasteiger partial charge is 0.293 e. The maximum absolute atomic E-state index is 9.55. The summed E-state index contributed by atoms with van der Waals surface area (Å²) < 4.78 is 4.51. The van der Waals surface area contributed by atoms with E-state index in [-0.39, 0.29) is 6.10 Å². The first-order valence-electron chi connectivity index (χ1n) is 2.40. The number of carbonyl (C=O) groups is 1. The fourth-order valence-corrected chi connectivity index (χ4v) is 0.191. The van der Waals surface area contributed by atoms with E-state index in [0.717, 1.165) is 6.42 Å². The molecule has 0 unspecified atom stereocenters. The lowest BCUT2D eigenvalue weighted by Gasteiger charge is -2.02. The molecule has 0 radical (unpaired) electrons. The van der Waals surface area contributed by atoms with Gasteiger partial charge >= 0.3 is 0 Å². The van der Waals surface area contributed by atoms with Gasteiger partial charge in [-0.1, -0.05) is 6.92 Å². The molecule has 2 nitrogen and oxygen atoms in total. The quantitative estimate of drug-likeness (QED) is 0.496. The van der Waals surface area contributed by atoms with Crippen molar-refractivity contribution < 1.29 is 9.53 Å². The molecule has 0 N–H and O–H groups in total. The molecule has 0 aromatic carbocycles. The zero-order valence-electron chi connectivity index (χ0n) is 4.68. The van der Waals surface area contributed by atoms with E-state index in [0.29, 0.717) is 6.47 Å². The summed E-state index contributed by atoms with van der Waals surface area (Å²) in [6.07, 6.45) is 0.969. The Bertz CT molecular complexity index is 52.0. The van der Waals surface area contributed by atoms with E-state index in [2.05, 4.69) is 4.74 Å². The molecule has 7 heavy (non-hydrogen) atoms. The third-order valence-corrected chi connectivity index (χ3v) is 0.863. The van der Waals surface area contributed by atoms with E-state index in [1.807, 2.05) is 13.8 Å². The molecule has 0 spiro atoms. The van der Waals surface area contributed by atoms with Gasteiger partial charge in [0.1, 0.15) is 0 Å². The highest BCUT2D eigenvalue weighted by Crippen LogP contribution is 1.90. The van der Waals surface area contributed by atoms with Crippen molar-refractivity contribution in [1.82, 2.24) is 0 Å². The molecule has 0 bridgehead atoms. The summed E-state index contributed by atoms with van der Waals surface area (Å²) in [6, 6.07) is 0. The van der Waals surface area contributed by atoms with Crippen molar-refractivity contribution in [2.75, 3.05) is 0 Å². The van der Waals surface area contributed by atoms with Crippen LogP contribution in [0.5, 0.6) is 0 Å². The second kappa shape index (κ2) is 3.65. The summed E-state index contributed by atoms with van der Waals surface area (Å²) in [4.78, 5) is 9.55. The van der Waals surface area contributed by atoms with Crippen LogP contribution in [-0.4, -0.2) is 12.6 Å². The Morgan fingerprint density at radius 2 is 2.43 bits per heavy atom. The van der Waals surface area contributed by atoms with Gasteiger partial charge in [-0.3, -0.25) is 4.79 Å². The largest absolute Gasteiger partial charge is 0.465 e. The molecule has 0 aromatic heterocycles. The normalized spacial score (nSPS) is 12.9. The second-order valence-electron chi connectivity index (χ2n) is 1.45. The Hall–Kier alpha value is -0.530. The molecule has 2 heteroatoms. The second-order valence-corrected chi connectivity index (χ2v) is 1.45. The van der Waals surface area contributed by atoms with Crippen molar-refractivity contribution >= 4 is 6.47 Å². The molecular formula is C5H10O2. The zero-order chi connectivity index (χ0) is 5.70. The molecule has 0 aliphatic rings. The summed E-state index contributed by atoms with van der Waals surface area (Å²) >= 11 is 0. The van der Waals surface area contributed by atoms with E-state index in [1.165, 1.54) is 0 Å². The summed E-state index contributed by atoms with van der Waals surface area (Å²) in [5.41, 5.74) is 0. The molecule has 0 aromatic rings. The van der Waals surface area contributed by atoms with Crippen LogP contribution in [0.3, 0.4) is 0 Å². The first-order chi connectivity index (χ1) is 3.31. The van der Waals surface area contributed by atoms with E-state index in [1.54, 1.807) is 0 Å². The van der Waals surface area contributed by atoms with Gasteiger partial charge in [0, 0.05) is 0 Å². The van der Waals surface area contributed by atoms with Gasteiger partial charge in [-0.05, 0) is 13.3 Å². The van der Waals surface area contributed by atoms with Gasteiger partial charge in [-0.2, -0.15) is 0 Å². The Kier molecular flexibility index (Phi) is 3.38. The van der Waals surface area contributed by atoms with E-state index < -0.39 is 0 Å². The van der Waals surface area contributed by atoms with Crippen molar-refractivity contribution in [2.45, 2.75) is 26.4 Å². The van der Waals surface area contributed by atoms with Crippen LogP contribution in [0.15, 0.2) is 0 Å². The van der Waals surface area contributed by atoms with Crippen LogP contribution in [-0.2, 0) is 9.53 Å². The minimum absolute atomic E-state index is 0.0810. The van der Waals surface area contributed by atoms with Crippen LogP contribution in [0, 0.1) is 0 Å². The Balaban J connectivity index is 2.98. The first kappa shape index (κ1) is 6.47. The molecule has 0 rings (SSSR count). The molecule has 0 fully saturated rings. The molecule has 0 amide bonds. The van der Waals surface area contributed by atoms with Gasteiger partial charge in [-0.15, -0.1) is 0 Å². The molecular weight excluding hydrogens is 92.1 g/mol. The van der Waals surface area contributed by atoms with Gasteiger partial charge in [0.2, 0.25) is 0 Å². The molecule has 1 atom stereocenters. The number of hydrogen-bond donors (Lipinski definition) is 0. The predicted molar refractivity (Wildman–Crippen MR) is 26.9 cm³/mol. The molecule has 0 saturated heterocycles. The predicted octanol–water partition coefficient (Wildman–Crippen LogP) is 0.958. The third kappa shape index (κ3) is 3.30. The Morgan fingerprint density at radius 3 is 2.57 bits per heavy atom. The van der Waals surface area contributed by atoms with Gasteiger partial charge in [0.15, 0.2) is 0 Å². The third-order valence-electron chi connectivity index (χ3n) is 0.863. The molecule has 0 aliphatic carbocycles. The van der Waals surface area contributed by atoms with E-state index in [9.17, 15) is 4.79 Å². The minimum Gasteiger partial charge on any atom is -0.465 e. The molecule has 0 heterocycles. The van der Waals surface area contributed by atoms with Crippen molar-refractivity contribution in [3.63, 3.8) is 0 Å². The maximum atomic E-state index is 9.55. The van der Waals surface area contributed by atoms with Crippen molar-refractivity contribution in [3.05, 3.63) is 0 Å². The van der Waals surface area contributed by atoms with Crippen LogP contribution >= 0.6 is 0 Å². The average Bonchev–Trinajstić information content (AvgIpc) is 1.68. The van der Waals surface area contributed by atoms with Crippen molar-refractivity contribution in [1.29, 1.82) is 0 Å². The highest BCUT2D eigenvalue weighted by atomic mass is 16.5. The fraction of sp³-hybridized carbons (Fsp3) is 0.800. The van der Waals surface area contributed by atoms with Gasteiger partial charge in [-0.25, -0.2) is 0 Å². The highest BCUT2D eigenvalue weighted by molar-refractivity contribution is 5.37. The number of rotatable bonds is 3. The van der Waals surface area contributed by atoms with Crippen LogP contribution in [0.4, 0.5) is 0 Å². The molecule has 0 saturated carbocycles. The monoisotopic (exact) mass is 102 g/mol. The van der Waals surface area contributed by atoms with E-state index in [4.69, 9.17) is 0 Å². The summed E-state index contributed by atoms with van der Waals surface area (Å²) in [6.45, 7) is 4.30. The summed E-state index contributed by atoms with van der Waals surface area (Å²) in [7, 11) is 0. The summed E-state index contributed by atoms with van der Waals surface area (Å²) in [5.74, 6) is 0. The molecule has 42 valence electrons. The van der Waals surface area contributed by atoms with Crippen LogP contribution in [0.25, 0.3) is 0 Å². The number of hydrogen-bond acceptors (Lipinski definition) is 2. The lowest BCUT2D eigenvalue weighted by Crippen LogP contribution is -2.03.